The largest absolute Gasteiger partial charge is 0.462 e. The van der Waals surface area contributed by atoms with E-state index in [9.17, 15) is 14.4 Å². The molecule has 2 amide bonds. The highest BCUT2D eigenvalue weighted by Gasteiger charge is 2.10. The summed E-state index contributed by atoms with van der Waals surface area (Å²) in [5, 5.41) is 8.83. The molecule has 0 spiro atoms. The summed E-state index contributed by atoms with van der Waals surface area (Å²) in [5.74, 6) is -0.775. The highest BCUT2D eigenvalue weighted by molar-refractivity contribution is 6.33. The molecule has 2 aromatic carbocycles. The number of ether oxygens (including phenoxy) is 1. The zero-order valence-corrected chi connectivity index (χ0v) is 17.8. The lowest BCUT2D eigenvalue weighted by Gasteiger charge is -2.12. The van der Waals surface area contributed by atoms with Gasteiger partial charge >= 0.3 is 5.97 Å². The fraction of sp³-hybridized carbons (Fsp3) is 0.318. The lowest BCUT2D eigenvalue weighted by atomic mass is 10.2. The van der Waals surface area contributed by atoms with Gasteiger partial charge in [0.15, 0.2) is 0 Å². The fourth-order valence-corrected chi connectivity index (χ4v) is 2.69. The summed E-state index contributed by atoms with van der Waals surface area (Å²) in [6.07, 6.45) is 1.93. The van der Waals surface area contributed by atoms with E-state index in [1.807, 2.05) is 13.8 Å². The van der Waals surface area contributed by atoms with E-state index in [0.29, 0.717) is 40.7 Å². The molecule has 8 heteroatoms. The minimum atomic E-state index is -0.373. The predicted molar refractivity (Wildman–Crippen MR) is 119 cm³/mol. The number of benzene rings is 2. The van der Waals surface area contributed by atoms with Crippen molar-refractivity contribution in [1.82, 2.24) is 0 Å². The van der Waals surface area contributed by atoms with E-state index in [4.69, 9.17) is 16.3 Å². The molecule has 0 atom stereocenters. The van der Waals surface area contributed by atoms with Gasteiger partial charge in [-0.3, -0.25) is 9.59 Å². The van der Waals surface area contributed by atoms with E-state index < -0.39 is 0 Å². The lowest BCUT2D eigenvalue weighted by molar-refractivity contribution is -0.116. The van der Waals surface area contributed by atoms with Gasteiger partial charge in [-0.2, -0.15) is 0 Å². The van der Waals surface area contributed by atoms with Gasteiger partial charge in [0.25, 0.3) is 0 Å². The number of carbonyl (C=O) groups excluding carboxylic acids is 3. The van der Waals surface area contributed by atoms with Crippen LogP contribution in [0, 0.1) is 0 Å². The molecule has 2 rings (SSSR count). The summed E-state index contributed by atoms with van der Waals surface area (Å²) < 4.78 is 5.08. The maximum Gasteiger partial charge on any atom is 0.338 e. The van der Waals surface area contributed by atoms with Crippen LogP contribution >= 0.6 is 11.6 Å². The molecule has 2 aromatic rings. The average Bonchev–Trinajstić information content (AvgIpc) is 2.73. The maximum absolute atomic E-state index is 12.3. The van der Waals surface area contributed by atoms with Crippen molar-refractivity contribution in [1.29, 1.82) is 0 Å². The quantitative estimate of drug-likeness (QED) is 0.474. The molecule has 0 heterocycles. The number of anilines is 3. The third-order valence-electron chi connectivity index (χ3n) is 4.01. The Kier molecular flexibility index (Phi) is 9.15. The van der Waals surface area contributed by atoms with Crippen molar-refractivity contribution in [2.45, 2.75) is 33.1 Å². The van der Waals surface area contributed by atoms with Crippen molar-refractivity contribution in [3.05, 3.63) is 53.1 Å². The van der Waals surface area contributed by atoms with Crippen LogP contribution in [-0.4, -0.2) is 30.9 Å². The molecule has 160 valence electrons. The summed E-state index contributed by atoms with van der Waals surface area (Å²) in [6.45, 7) is 4.23. The van der Waals surface area contributed by atoms with E-state index in [-0.39, 0.29) is 24.3 Å². The highest BCUT2D eigenvalue weighted by Crippen LogP contribution is 2.25. The van der Waals surface area contributed by atoms with Crippen LogP contribution in [0.2, 0.25) is 5.02 Å². The van der Waals surface area contributed by atoms with Gasteiger partial charge in [-0.25, -0.2) is 4.79 Å². The minimum absolute atomic E-state index is 0.00236. The second kappa shape index (κ2) is 11.8. The minimum Gasteiger partial charge on any atom is -0.462 e. The summed E-state index contributed by atoms with van der Waals surface area (Å²) in [7, 11) is 0. The first-order valence-electron chi connectivity index (χ1n) is 9.83. The van der Waals surface area contributed by atoms with E-state index >= 15 is 0 Å². The number of hydrogen-bond donors (Lipinski definition) is 3. The number of esters is 1. The highest BCUT2D eigenvalue weighted by atomic mass is 35.5. The van der Waals surface area contributed by atoms with Crippen LogP contribution in [0.3, 0.4) is 0 Å². The Hall–Kier alpha value is -3.06. The van der Waals surface area contributed by atoms with Crippen LogP contribution in [0.15, 0.2) is 42.5 Å². The number of hydrogen-bond acceptors (Lipinski definition) is 5. The molecule has 0 aromatic heterocycles. The first kappa shape index (κ1) is 23.2. The van der Waals surface area contributed by atoms with Crippen molar-refractivity contribution < 1.29 is 19.1 Å². The first-order valence-corrected chi connectivity index (χ1v) is 10.2. The summed E-state index contributed by atoms with van der Waals surface area (Å²) >= 11 is 6.15. The summed E-state index contributed by atoms with van der Waals surface area (Å²) in [4.78, 5) is 35.8. The molecule has 0 fully saturated rings. The van der Waals surface area contributed by atoms with Gasteiger partial charge in [-0.1, -0.05) is 25.4 Å². The van der Waals surface area contributed by atoms with E-state index in [1.54, 1.807) is 42.5 Å². The monoisotopic (exact) mass is 431 g/mol. The molecule has 3 N–H and O–H groups in total. The average molecular weight is 432 g/mol. The second-order valence-electron chi connectivity index (χ2n) is 6.61. The maximum atomic E-state index is 12.3. The fourth-order valence-electron chi connectivity index (χ4n) is 2.53. The van der Waals surface area contributed by atoms with E-state index in [1.165, 1.54) is 0 Å². The van der Waals surface area contributed by atoms with Crippen molar-refractivity contribution in [2.24, 2.45) is 0 Å². The zero-order chi connectivity index (χ0) is 21.9. The molecule has 0 aliphatic carbocycles. The van der Waals surface area contributed by atoms with E-state index in [2.05, 4.69) is 16.0 Å². The molecule has 0 radical (unpaired) electrons. The Morgan fingerprint density at radius 3 is 2.27 bits per heavy atom. The van der Waals surface area contributed by atoms with Gasteiger partial charge in [0, 0.05) is 17.8 Å². The Bertz CT molecular complexity index is 884. The van der Waals surface area contributed by atoms with Gasteiger partial charge in [-0.15, -0.1) is 0 Å². The first-order chi connectivity index (χ1) is 14.4. The zero-order valence-electron chi connectivity index (χ0n) is 17.1. The van der Waals surface area contributed by atoms with Gasteiger partial charge in [0.1, 0.15) is 0 Å². The second-order valence-corrected chi connectivity index (χ2v) is 7.02. The Morgan fingerprint density at radius 1 is 0.900 bits per heavy atom. The smallest absolute Gasteiger partial charge is 0.338 e. The third-order valence-corrected chi connectivity index (χ3v) is 4.34. The molecule has 0 aliphatic heterocycles. The van der Waals surface area contributed by atoms with Gasteiger partial charge in [0.2, 0.25) is 11.8 Å². The van der Waals surface area contributed by atoms with Crippen LogP contribution in [0.4, 0.5) is 17.1 Å². The Labute approximate surface area is 181 Å². The van der Waals surface area contributed by atoms with Crippen molar-refractivity contribution in [2.75, 3.05) is 29.1 Å². The molecule has 0 aliphatic rings. The van der Waals surface area contributed by atoms with Crippen LogP contribution in [0.1, 0.15) is 43.5 Å². The van der Waals surface area contributed by atoms with E-state index in [0.717, 1.165) is 12.8 Å². The van der Waals surface area contributed by atoms with Crippen molar-refractivity contribution >= 4 is 46.4 Å². The van der Waals surface area contributed by atoms with Crippen molar-refractivity contribution in [3.63, 3.8) is 0 Å². The molecular formula is C22H26ClN3O4. The van der Waals surface area contributed by atoms with Crippen molar-refractivity contribution in [3.8, 4) is 0 Å². The molecule has 0 saturated carbocycles. The summed E-state index contributed by atoms with van der Waals surface area (Å²) in [6, 6.07) is 11.6. The molecule has 0 bridgehead atoms. The van der Waals surface area contributed by atoms with Gasteiger partial charge < -0.3 is 20.7 Å². The topological polar surface area (TPSA) is 96.5 Å². The Balaban J connectivity index is 1.90. The molecular weight excluding hydrogens is 406 g/mol. The molecule has 30 heavy (non-hydrogen) atoms. The lowest BCUT2D eigenvalue weighted by Crippen LogP contribution is -2.22. The number of amides is 2. The van der Waals surface area contributed by atoms with Crippen LogP contribution in [0.5, 0.6) is 0 Å². The Morgan fingerprint density at radius 2 is 1.60 bits per heavy atom. The number of nitrogens with one attached hydrogen (secondary N) is 3. The van der Waals surface area contributed by atoms with Crippen LogP contribution in [0.25, 0.3) is 0 Å². The normalized spacial score (nSPS) is 10.2. The molecule has 7 nitrogen and oxygen atoms in total. The summed E-state index contributed by atoms with van der Waals surface area (Å²) in [5.41, 5.74) is 2.11. The molecule has 0 unspecified atom stereocenters. The van der Waals surface area contributed by atoms with Gasteiger partial charge in [0.05, 0.1) is 29.4 Å². The standard InChI is InChI=1S/C22H26ClN3O4/c1-3-5-20(27)25-17-10-11-18(23)19(13-17)26-21(28)14-24-16-8-6-15(7-9-16)22(29)30-12-4-2/h6-11,13,24H,3-5,12,14H2,1-2H3,(H,25,27)(H,26,28). The number of halogens is 1. The van der Waals surface area contributed by atoms with Crippen LogP contribution < -0.4 is 16.0 Å². The van der Waals surface area contributed by atoms with Gasteiger partial charge in [-0.05, 0) is 55.3 Å². The third kappa shape index (κ3) is 7.40. The SMILES string of the molecule is CCCOC(=O)c1ccc(NCC(=O)Nc2cc(NC(=O)CCC)ccc2Cl)cc1. The van der Waals surface area contributed by atoms with Crippen LogP contribution in [-0.2, 0) is 14.3 Å². The predicted octanol–water partition coefficient (Wildman–Crippen LogP) is 4.70. The molecule has 0 saturated heterocycles. The number of carbonyl (C=O) groups is 3. The number of rotatable bonds is 10.